The maximum atomic E-state index is 11.3. The lowest BCUT2D eigenvalue weighted by atomic mass is 10.3. The Morgan fingerprint density at radius 1 is 1.33 bits per heavy atom. The Balaban J connectivity index is 2.11. The highest BCUT2D eigenvalue weighted by Gasteiger charge is 2.10. The van der Waals surface area contributed by atoms with Crippen molar-refractivity contribution in [2.75, 3.05) is 19.8 Å². The van der Waals surface area contributed by atoms with E-state index in [0.29, 0.717) is 13.0 Å². The predicted molar refractivity (Wildman–Crippen MR) is 65.0 cm³/mol. The normalized spacial score (nSPS) is 10.1. The second-order valence-electron chi connectivity index (χ2n) is 3.64. The molecule has 1 aromatic rings. The van der Waals surface area contributed by atoms with E-state index in [-0.39, 0.29) is 25.4 Å². The van der Waals surface area contributed by atoms with Gasteiger partial charge in [0.25, 0.3) is 0 Å². The zero-order chi connectivity index (χ0) is 13.2. The second-order valence-corrected chi connectivity index (χ2v) is 3.64. The number of carbonyl (C=O) groups excluding carboxylic acids is 2. The summed E-state index contributed by atoms with van der Waals surface area (Å²) in [6, 6.07) is 5.63. The highest BCUT2D eigenvalue weighted by Crippen LogP contribution is 1.96. The molecule has 5 nitrogen and oxygen atoms in total. The van der Waals surface area contributed by atoms with E-state index in [2.05, 4.69) is 9.72 Å². The van der Waals surface area contributed by atoms with Crippen LogP contribution in [-0.4, -0.2) is 36.6 Å². The van der Waals surface area contributed by atoms with Crippen LogP contribution in [0.4, 0.5) is 0 Å². The third kappa shape index (κ3) is 6.10. The number of hydrogen-bond donors (Lipinski definition) is 0. The maximum Gasteiger partial charge on any atom is 0.313 e. The molecule has 0 aliphatic carbocycles. The van der Waals surface area contributed by atoms with E-state index in [1.165, 1.54) is 0 Å². The minimum absolute atomic E-state index is 0.0638. The Kier molecular flexibility index (Phi) is 6.64. The summed E-state index contributed by atoms with van der Waals surface area (Å²) >= 11 is 0. The topological polar surface area (TPSA) is 65.5 Å². The molecular weight excluding hydrogens is 234 g/mol. The Labute approximate surface area is 106 Å². The third-order valence-corrected chi connectivity index (χ3v) is 2.14. The number of ether oxygens (including phenoxy) is 2. The summed E-state index contributed by atoms with van der Waals surface area (Å²) in [5.41, 5.74) is 0.912. The van der Waals surface area contributed by atoms with E-state index in [1.807, 2.05) is 18.2 Å². The van der Waals surface area contributed by atoms with Gasteiger partial charge in [0, 0.05) is 18.3 Å². The van der Waals surface area contributed by atoms with Crippen molar-refractivity contribution in [1.29, 1.82) is 0 Å². The fourth-order valence-corrected chi connectivity index (χ4v) is 1.33. The molecule has 5 heteroatoms. The Morgan fingerprint density at radius 2 is 2.17 bits per heavy atom. The van der Waals surface area contributed by atoms with Crippen LogP contribution in [0.2, 0.25) is 0 Å². The first-order valence-corrected chi connectivity index (χ1v) is 5.87. The van der Waals surface area contributed by atoms with Gasteiger partial charge in [0.2, 0.25) is 0 Å². The molecule has 0 spiro atoms. The van der Waals surface area contributed by atoms with Gasteiger partial charge in [0.05, 0.1) is 13.2 Å². The quantitative estimate of drug-likeness (QED) is 0.394. The molecule has 0 bridgehead atoms. The van der Waals surface area contributed by atoms with Crippen molar-refractivity contribution in [2.24, 2.45) is 0 Å². The monoisotopic (exact) mass is 251 g/mol. The lowest BCUT2D eigenvalue weighted by molar-refractivity contribution is -0.146. The van der Waals surface area contributed by atoms with Crippen molar-refractivity contribution in [2.45, 2.75) is 19.8 Å². The molecule has 0 atom stereocenters. The van der Waals surface area contributed by atoms with Crippen molar-refractivity contribution in [3.63, 3.8) is 0 Å². The second kappa shape index (κ2) is 8.36. The highest BCUT2D eigenvalue weighted by molar-refractivity contribution is 5.96. The van der Waals surface area contributed by atoms with E-state index in [4.69, 9.17) is 4.74 Å². The molecule has 0 saturated carbocycles. The number of Topliss-reactive ketones (excluding diaryl/α,β-unsaturated/α-hetero) is 1. The van der Waals surface area contributed by atoms with Crippen molar-refractivity contribution in [3.05, 3.63) is 30.1 Å². The van der Waals surface area contributed by atoms with E-state index in [1.54, 1.807) is 13.1 Å². The number of pyridine rings is 1. The zero-order valence-electron chi connectivity index (χ0n) is 10.4. The summed E-state index contributed by atoms with van der Waals surface area (Å²) in [5.74, 6) is -0.773. The lowest BCUT2D eigenvalue weighted by Crippen LogP contribution is -2.16. The summed E-state index contributed by atoms with van der Waals surface area (Å²) in [4.78, 5) is 26.4. The number of ketones is 1. The Bertz CT molecular complexity index is 378. The van der Waals surface area contributed by atoms with Crippen LogP contribution in [0.5, 0.6) is 0 Å². The number of carbonyl (C=O) groups is 2. The number of hydrogen-bond acceptors (Lipinski definition) is 5. The average molecular weight is 251 g/mol. The molecule has 0 radical (unpaired) electrons. The summed E-state index contributed by atoms with van der Waals surface area (Å²) in [5, 5.41) is 0. The summed E-state index contributed by atoms with van der Waals surface area (Å²) in [6.45, 7) is 2.33. The van der Waals surface area contributed by atoms with Crippen LogP contribution in [0.15, 0.2) is 24.4 Å². The predicted octanol–water partition coefficient (Wildman–Crippen LogP) is 1.16. The van der Waals surface area contributed by atoms with Gasteiger partial charge in [-0.05, 0) is 19.1 Å². The van der Waals surface area contributed by atoms with Crippen molar-refractivity contribution in [3.8, 4) is 0 Å². The molecule has 1 rings (SSSR count). The van der Waals surface area contributed by atoms with Gasteiger partial charge in [0.1, 0.15) is 13.0 Å². The SMILES string of the molecule is CCOC(=O)CC(=O)COCCc1ccccn1. The van der Waals surface area contributed by atoms with Crippen LogP contribution in [-0.2, 0) is 25.5 Å². The number of esters is 1. The number of nitrogens with zero attached hydrogens (tertiary/aromatic N) is 1. The summed E-state index contributed by atoms with van der Waals surface area (Å²) < 4.78 is 9.84. The van der Waals surface area contributed by atoms with E-state index in [0.717, 1.165) is 5.69 Å². The molecule has 0 fully saturated rings. The molecule has 0 unspecified atom stereocenters. The fraction of sp³-hybridized carbons (Fsp3) is 0.462. The Morgan fingerprint density at radius 3 is 2.83 bits per heavy atom. The standard InChI is InChI=1S/C13H17NO4/c1-2-18-13(16)9-12(15)10-17-8-6-11-5-3-4-7-14-11/h3-5,7H,2,6,8-10H2,1H3. The summed E-state index contributed by atoms with van der Waals surface area (Å²) in [7, 11) is 0. The molecule has 0 aliphatic rings. The third-order valence-electron chi connectivity index (χ3n) is 2.14. The fourth-order valence-electron chi connectivity index (χ4n) is 1.33. The molecule has 0 N–H and O–H groups in total. The minimum atomic E-state index is -0.504. The Hall–Kier alpha value is -1.75. The molecule has 1 heterocycles. The highest BCUT2D eigenvalue weighted by atomic mass is 16.5. The van der Waals surface area contributed by atoms with Crippen molar-refractivity contribution >= 4 is 11.8 Å². The van der Waals surface area contributed by atoms with Crippen LogP contribution >= 0.6 is 0 Å². The van der Waals surface area contributed by atoms with Crippen LogP contribution in [0.25, 0.3) is 0 Å². The van der Waals surface area contributed by atoms with Gasteiger partial charge in [-0.1, -0.05) is 6.07 Å². The van der Waals surface area contributed by atoms with Gasteiger partial charge in [-0.3, -0.25) is 14.6 Å². The van der Waals surface area contributed by atoms with Gasteiger partial charge in [-0.2, -0.15) is 0 Å². The first-order valence-electron chi connectivity index (χ1n) is 5.87. The van der Waals surface area contributed by atoms with Crippen LogP contribution in [0, 0.1) is 0 Å². The van der Waals surface area contributed by atoms with E-state index < -0.39 is 5.97 Å². The smallest absolute Gasteiger partial charge is 0.313 e. The van der Waals surface area contributed by atoms with Crippen molar-refractivity contribution in [1.82, 2.24) is 4.98 Å². The first-order chi connectivity index (χ1) is 8.72. The van der Waals surface area contributed by atoms with Crippen LogP contribution < -0.4 is 0 Å². The van der Waals surface area contributed by atoms with Gasteiger partial charge in [-0.25, -0.2) is 0 Å². The number of rotatable bonds is 8. The molecule has 0 saturated heterocycles. The molecule has 18 heavy (non-hydrogen) atoms. The molecule has 1 aromatic heterocycles. The summed E-state index contributed by atoms with van der Waals surface area (Å²) in [6.07, 6.45) is 2.13. The maximum absolute atomic E-state index is 11.3. The molecular formula is C13H17NO4. The molecule has 0 aromatic carbocycles. The zero-order valence-corrected chi connectivity index (χ0v) is 10.4. The first kappa shape index (κ1) is 14.3. The van der Waals surface area contributed by atoms with Gasteiger partial charge in [0.15, 0.2) is 5.78 Å². The average Bonchev–Trinajstić information content (AvgIpc) is 2.36. The molecule has 98 valence electrons. The molecule has 0 amide bonds. The van der Waals surface area contributed by atoms with Crippen LogP contribution in [0.1, 0.15) is 19.0 Å². The minimum Gasteiger partial charge on any atom is -0.466 e. The van der Waals surface area contributed by atoms with E-state index in [9.17, 15) is 9.59 Å². The lowest BCUT2D eigenvalue weighted by Gasteiger charge is -2.03. The van der Waals surface area contributed by atoms with Crippen molar-refractivity contribution < 1.29 is 19.1 Å². The largest absolute Gasteiger partial charge is 0.466 e. The van der Waals surface area contributed by atoms with Gasteiger partial charge >= 0.3 is 5.97 Å². The van der Waals surface area contributed by atoms with Crippen LogP contribution in [0.3, 0.4) is 0 Å². The van der Waals surface area contributed by atoms with Gasteiger partial charge < -0.3 is 9.47 Å². The van der Waals surface area contributed by atoms with E-state index >= 15 is 0 Å². The van der Waals surface area contributed by atoms with Gasteiger partial charge in [-0.15, -0.1) is 0 Å². The number of aromatic nitrogens is 1. The molecule has 0 aliphatic heterocycles.